The number of esters is 1. The van der Waals surface area contributed by atoms with E-state index in [1.54, 1.807) is 24.3 Å². The molecule has 0 aliphatic carbocycles. The Labute approximate surface area is 128 Å². The maximum absolute atomic E-state index is 11.8. The lowest BCUT2D eigenvalue weighted by Gasteiger charge is -2.12. The van der Waals surface area contributed by atoms with Crippen LogP contribution in [0.1, 0.15) is 22.8 Å². The highest BCUT2D eigenvalue weighted by Gasteiger charge is 2.28. The van der Waals surface area contributed by atoms with Crippen LogP contribution in [0.15, 0.2) is 24.3 Å². The molecule has 1 aromatic rings. The van der Waals surface area contributed by atoms with Gasteiger partial charge in [0.15, 0.2) is 0 Å². The second kappa shape index (κ2) is 7.56. The first-order valence-electron chi connectivity index (χ1n) is 7.04. The number of amides is 3. The molecule has 0 saturated carbocycles. The van der Waals surface area contributed by atoms with E-state index in [1.807, 2.05) is 6.92 Å². The van der Waals surface area contributed by atoms with Gasteiger partial charge in [-0.25, -0.2) is 9.59 Å². The summed E-state index contributed by atoms with van der Waals surface area (Å²) in [6.07, 6.45) is 0. The van der Waals surface area contributed by atoms with E-state index in [1.165, 1.54) is 0 Å². The van der Waals surface area contributed by atoms with E-state index in [-0.39, 0.29) is 25.6 Å². The fourth-order valence-electron chi connectivity index (χ4n) is 1.97. The van der Waals surface area contributed by atoms with Crippen molar-refractivity contribution in [3.63, 3.8) is 0 Å². The van der Waals surface area contributed by atoms with Gasteiger partial charge in [-0.15, -0.1) is 0 Å². The van der Waals surface area contributed by atoms with Crippen molar-refractivity contribution < 1.29 is 23.9 Å². The first-order chi connectivity index (χ1) is 10.6. The van der Waals surface area contributed by atoms with E-state index in [2.05, 4.69) is 5.32 Å². The molecule has 1 N–H and O–H groups in total. The van der Waals surface area contributed by atoms with Crippen LogP contribution in [-0.2, 0) is 20.8 Å². The van der Waals surface area contributed by atoms with Gasteiger partial charge in [-0.1, -0.05) is 12.1 Å². The lowest BCUT2D eigenvalue weighted by molar-refractivity contribution is -0.125. The molecule has 7 heteroatoms. The molecule has 1 aliphatic heterocycles. The molecular formula is C15H18N2O5. The lowest BCUT2D eigenvalue weighted by atomic mass is 10.1. The molecule has 0 bridgehead atoms. The molecule has 1 aliphatic rings. The smallest absolute Gasteiger partial charge is 0.338 e. The number of urea groups is 1. The average Bonchev–Trinajstić information content (AvgIpc) is 2.84. The van der Waals surface area contributed by atoms with Crippen LogP contribution in [0.2, 0.25) is 0 Å². The normalized spacial score (nSPS) is 14.1. The number of carbonyl (C=O) groups is 3. The van der Waals surface area contributed by atoms with E-state index in [0.29, 0.717) is 18.8 Å². The molecular weight excluding hydrogens is 288 g/mol. The van der Waals surface area contributed by atoms with Gasteiger partial charge in [0, 0.05) is 6.61 Å². The monoisotopic (exact) mass is 306 g/mol. The van der Waals surface area contributed by atoms with Crippen molar-refractivity contribution in [3.8, 4) is 0 Å². The number of carbonyl (C=O) groups excluding carboxylic acids is 3. The fraction of sp³-hybridized carbons (Fsp3) is 0.400. The molecule has 0 aromatic heterocycles. The minimum atomic E-state index is -0.429. The van der Waals surface area contributed by atoms with E-state index in [0.717, 1.165) is 10.5 Å². The minimum absolute atomic E-state index is 0.0308. The Kier molecular flexibility index (Phi) is 5.48. The van der Waals surface area contributed by atoms with Crippen LogP contribution < -0.4 is 5.32 Å². The molecule has 0 spiro atoms. The molecule has 0 atom stereocenters. The summed E-state index contributed by atoms with van der Waals surface area (Å²) in [5.41, 5.74) is 1.17. The van der Waals surface area contributed by atoms with Crippen molar-refractivity contribution in [1.82, 2.24) is 10.2 Å². The van der Waals surface area contributed by atoms with Crippen molar-refractivity contribution in [1.29, 1.82) is 0 Å². The second-order valence-corrected chi connectivity index (χ2v) is 4.67. The van der Waals surface area contributed by atoms with Gasteiger partial charge in [0.25, 0.3) is 0 Å². The van der Waals surface area contributed by atoms with Gasteiger partial charge in [0.1, 0.15) is 6.61 Å². The van der Waals surface area contributed by atoms with E-state index in [4.69, 9.17) is 9.47 Å². The molecule has 7 nitrogen and oxygen atoms in total. The predicted octanol–water partition coefficient (Wildman–Crippen LogP) is 0.932. The largest absolute Gasteiger partial charge is 0.460 e. The van der Waals surface area contributed by atoms with Crippen LogP contribution in [0.3, 0.4) is 0 Å². The highest BCUT2D eigenvalue weighted by atomic mass is 16.6. The average molecular weight is 306 g/mol. The first-order valence-corrected chi connectivity index (χ1v) is 7.04. The first kappa shape index (κ1) is 16.0. The highest BCUT2D eigenvalue weighted by molar-refractivity contribution is 6.01. The summed E-state index contributed by atoms with van der Waals surface area (Å²) >= 11 is 0. The molecule has 3 amide bonds. The number of rotatable bonds is 7. The van der Waals surface area contributed by atoms with Crippen LogP contribution in [-0.4, -0.2) is 49.2 Å². The number of imide groups is 1. The van der Waals surface area contributed by atoms with Gasteiger partial charge in [0.2, 0.25) is 5.91 Å². The molecule has 0 unspecified atom stereocenters. The molecule has 0 radical (unpaired) electrons. The zero-order valence-corrected chi connectivity index (χ0v) is 12.3. The third kappa shape index (κ3) is 4.05. The van der Waals surface area contributed by atoms with Crippen LogP contribution >= 0.6 is 0 Å². The molecule has 1 saturated heterocycles. The van der Waals surface area contributed by atoms with Gasteiger partial charge in [-0.3, -0.25) is 9.69 Å². The van der Waals surface area contributed by atoms with Gasteiger partial charge >= 0.3 is 12.0 Å². The van der Waals surface area contributed by atoms with Gasteiger partial charge in [-0.05, 0) is 24.6 Å². The summed E-state index contributed by atoms with van der Waals surface area (Å²) in [7, 11) is 0. The van der Waals surface area contributed by atoms with Crippen LogP contribution in [0.25, 0.3) is 0 Å². The summed E-state index contributed by atoms with van der Waals surface area (Å²) in [4.78, 5) is 35.8. The molecule has 22 heavy (non-hydrogen) atoms. The second-order valence-electron chi connectivity index (χ2n) is 4.67. The highest BCUT2D eigenvalue weighted by Crippen LogP contribution is 2.11. The number of nitrogens with zero attached hydrogens (tertiary/aromatic N) is 1. The number of benzene rings is 1. The topological polar surface area (TPSA) is 84.9 Å². The van der Waals surface area contributed by atoms with Crippen LogP contribution in [0.4, 0.5) is 4.79 Å². The number of nitrogens with one attached hydrogen (secondary N) is 1. The van der Waals surface area contributed by atoms with Crippen molar-refractivity contribution in [2.75, 3.05) is 26.4 Å². The van der Waals surface area contributed by atoms with Crippen LogP contribution in [0.5, 0.6) is 0 Å². The molecule has 1 fully saturated rings. The summed E-state index contributed by atoms with van der Waals surface area (Å²) in [5.74, 6) is -0.689. The Hall–Kier alpha value is -2.41. The Morgan fingerprint density at radius 1 is 1.23 bits per heavy atom. The molecule has 2 rings (SSSR count). The zero-order valence-electron chi connectivity index (χ0n) is 12.3. The van der Waals surface area contributed by atoms with Crippen molar-refractivity contribution >= 4 is 17.9 Å². The summed E-state index contributed by atoms with van der Waals surface area (Å²) in [6.45, 7) is 3.23. The van der Waals surface area contributed by atoms with Gasteiger partial charge in [0.05, 0.1) is 25.3 Å². The summed E-state index contributed by atoms with van der Waals surface area (Å²) < 4.78 is 10.1. The number of hydrogen-bond acceptors (Lipinski definition) is 5. The molecule has 118 valence electrons. The summed E-state index contributed by atoms with van der Waals surface area (Å²) in [5, 5.41) is 2.45. The quantitative estimate of drug-likeness (QED) is 0.460. The van der Waals surface area contributed by atoms with E-state index < -0.39 is 12.0 Å². The lowest BCUT2D eigenvalue weighted by Crippen LogP contribution is -2.30. The standard InChI is InChI=1S/C15H18N2O5/c1-2-21-7-8-22-14(19)12-5-3-11(4-6-12)10-17-13(18)9-16-15(17)20/h3-6H,2,7-10H2,1H3,(H,16,20). The van der Waals surface area contributed by atoms with E-state index in [9.17, 15) is 14.4 Å². The number of hydrogen-bond donors (Lipinski definition) is 1. The van der Waals surface area contributed by atoms with Gasteiger partial charge < -0.3 is 14.8 Å². The Bertz CT molecular complexity index is 540. The van der Waals surface area contributed by atoms with Gasteiger partial charge in [-0.2, -0.15) is 0 Å². The summed E-state index contributed by atoms with van der Waals surface area (Å²) in [6, 6.07) is 6.20. The van der Waals surface area contributed by atoms with Crippen molar-refractivity contribution in [3.05, 3.63) is 35.4 Å². The third-order valence-electron chi connectivity index (χ3n) is 3.13. The number of ether oxygens (including phenoxy) is 2. The van der Waals surface area contributed by atoms with E-state index >= 15 is 0 Å². The molecule has 1 aromatic carbocycles. The van der Waals surface area contributed by atoms with Crippen LogP contribution in [0, 0.1) is 0 Å². The SMILES string of the molecule is CCOCCOC(=O)c1ccc(CN2C(=O)CNC2=O)cc1. The zero-order chi connectivity index (χ0) is 15.9. The Morgan fingerprint density at radius 2 is 1.95 bits per heavy atom. The maximum Gasteiger partial charge on any atom is 0.338 e. The maximum atomic E-state index is 11.8. The predicted molar refractivity (Wildman–Crippen MR) is 77.2 cm³/mol. The van der Waals surface area contributed by atoms with Crippen molar-refractivity contribution in [2.45, 2.75) is 13.5 Å². The Balaban J connectivity index is 1.88. The Morgan fingerprint density at radius 3 is 2.55 bits per heavy atom. The molecule has 1 heterocycles. The van der Waals surface area contributed by atoms with Crippen molar-refractivity contribution in [2.24, 2.45) is 0 Å². The third-order valence-corrected chi connectivity index (χ3v) is 3.13. The minimum Gasteiger partial charge on any atom is -0.460 e. The fourth-order valence-corrected chi connectivity index (χ4v) is 1.97.